The number of carbonyl (C=O) groups excluding carboxylic acids is 1. The van der Waals surface area contributed by atoms with Crippen LogP contribution in [0.2, 0.25) is 0 Å². The van der Waals surface area contributed by atoms with Gasteiger partial charge in [0.2, 0.25) is 5.95 Å². The monoisotopic (exact) mass is 553 g/mol. The molecule has 12 heteroatoms. The number of urea groups is 1. The molecule has 0 atom stereocenters. The highest BCUT2D eigenvalue weighted by Gasteiger charge is 2.27. The number of nitrogens with two attached hydrogens (primary N) is 1. The van der Waals surface area contributed by atoms with Crippen LogP contribution in [0.5, 0.6) is 0 Å². The van der Waals surface area contributed by atoms with Gasteiger partial charge < -0.3 is 31.2 Å². The van der Waals surface area contributed by atoms with E-state index in [1.807, 2.05) is 6.33 Å². The quantitative estimate of drug-likeness (QED) is 0.338. The highest BCUT2D eigenvalue weighted by Crippen LogP contribution is 2.34. The molecule has 40 heavy (non-hydrogen) atoms. The Bertz CT molecular complexity index is 1340. The van der Waals surface area contributed by atoms with Crippen molar-refractivity contribution >= 4 is 34.6 Å². The molecule has 3 aliphatic rings. The van der Waals surface area contributed by atoms with E-state index in [1.165, 1.54) is 18.9 Å². The minimum absolute atomic E-state index is 0.0344. The number of benzene rings is 1. The molecular weight excluding hydrogens is 516 g/mol. The summed E-state index contributed by atoms with van der Waals surface area (Å²) in [6, 6.07) is 3.76. The molecule has 214 valence electrons. The highest BCUT2D eigenvalue weighted by molar-refractivity contribution is 5.89. The highest BCUT2D eigenvalue weighted by atomic mass is 19.1. The molecule has 1 aliphatic heterocycles. The average molecular weight is 554 g/mol. The zero-order valence-electron chi connectivity index (χ0n) is 22.6. The Morgan fingerprint density at radius 3 is 2.38 bits per heavy atom. The van der Waals surface area contributed by atoms with Crippen LogP contribution in [0.3, 0.4) is 0 Å². The summed E-state index contributed by atoms with van der Waals surface area (Å²) < 4.78 is 29.4. The van der Waals surface area contributed by atoms with Gasteiger partial charge in [0.25, 0.3) is 0 Å². The zero-order valence-corrected chi connectivity index (χ0v) is 22.6. The molecule has 0 unspecified atom stereocenters. The number of hydrogen-bond donors (Lipinski definition) is 4. The number of aromatic nitrogens is 4. The van der Waals surface area contributed by atoms with E-state index in [0.29, 0.717) is 49.8 Å². The van der Waals surface area contributed by atoms with Gasteiger partial charge in [-0.05, 0) is 63.5 Å². The molecule has 6 rings (SSSR count). The van der Waals surface area contributed by atoms with E-state index in [-0.39, 0.29) is 17.8 Å². The summed E-state index contributed by atoms with van der Waals surface area (Å²) in [4.78, 5) is 28.9. The molecule has 3 fully saturated rings. The SMILES string of the molecule is NC1CCC(Nc2nc(NC3CCN(C(=O)Nc4ccc(F)cc4F)CC3)c3ncn(C4CCCC4)c3n2)CC1. The Morgan fingerprint density at radius 2 is 1.65 bits per heavy atom. The molecule has 10 nitrogen and oxygen atoms in total. The van der Waals surface area contributed by atoms with Crippen molar-refractivity contribution in [2.45, 2.75) is 88.4 Å². The fourth-order valence-corrected chi connectivity index (χ4v) is 6.18. The van der Waals surface area contributed by atoms with Gasteiger partial charge in [-0.2, -0.15) is 9.97 Å². The van der Waals surface area contributed by atoms with Crippen LogP contribution in [0.4, 0.5) is 31.0 Å². The van der Waals surface area contributed by atoms with Gasteiger partial charge in [-0.15, -0.1) is 0 Å². The Balaban J connectivity index is 1.15. The lowest BCUT2D eigenvalue weighted by molar-refractivity contribution is 0.197. The number of likely N-dealkylation sites (tertiary alicyclic amines) is 1. The van der Waals surface area contributed by atoms with Crippen molar-refractivity contribution in [1.29, 1.82) is 0 Å². The van der Waals surface area contributed by atoms with Gasteiger partial charge in [0, 0.05) is 43.3 Å². The number of amides is 2. The van der Waals surface area contributed by atoms with Crippen molar-refractivity contribution in [2.75, 3.05) is 29.0 Å². The van der Waals surface area contributed by atoms with Crippen LogP contribution < -0.4 is 21.7 Å². The maximum absolute atomic E-state index is 14.0. The summed E-state index contributed by atoms with van der Waals surface area (Å²) in [6.45, 7) is 0.981. The van der Waals surface area contributed by atoms with Crippen molar-refractivity contribution in [2.24, 2.45) is 5.73 Å². The Morgan fingerprint density at radius 1 is 0.925 bits per heavy atom. The van der Waals surface area contributed by atoms with Gasteiger partial charge in [-0.1, -0.05) is 12.8 Å². The Kier molecular flexibility index (Phi) is 7.68. The first kappa shape index (κ1) is 26.7. The van der Waals surface area contributed by atoms with Gasteiger partial charge in [-0.25, -0.2) is 18.6 Å². The molecule has 0 bridgehead atoms. The Labute approximate surface area is 232 Å². The van der Waals surface area contributed by atoms with Crippen molar-refractivity contribution in [3.63, 3.8) is 0 Å². The fraction of sp³-hybridized carbons (Fsp3) is 0.571. The molecule has 0 spiro atoms. The number of nitrogens with one attached hydrogen (secondary N) is 3. The van der Waals surface area contributed by atoms with Gasteiger partial charge >= 0.3 is 6.03 Å². The number of halogens is 2. The summed E-state index contributed by atoms with van der Waals surface area (Å²) in [6.07, 6.45) is 11.9. The Hall–Kier alpha value is -3.54. The predicted octanol–water partition coefficient (Wildman–Crippen LogP) is 5.01. The normalized spacial score (nSPS) is 22.5. The lowest BCUT2D eigenvalue weighted by Gasteiger charge is -2.32. The molecule has 1 saturated heterocycles. The number of hydrogen-bond acceptors (Lipinski definition) is 7. The zero-order chi connectivity index (χ0) is 27.6. The molecule has 5 N–H and O–H groups in total. The smallest absolute Gasteiger partial charge is 0.321 e. The first-order valence-electron chi connectivity index (χ1n) is 14.5. The number of carbonyl (C=O) groups is 1. The van der Waals surface area contributed by atoms with E-state index in [2.05, 4.69) is 20.5 Å². The predicted molar refractivity (Wildman–Crippen MR) is 150 cm³/mol. The number of nitrogens with zero attached hydrogens (tertiary/aromatic N) is 5. The fourth-order valence-electron chi connectivity index (χ4n) is 6.18. The minimum Gasteiger partial charge on any atom is -0.365 e. The maximum Gasteiger partial charge on any atom is 0.321 e. The number of fused-ring (bicyclic) bond motifs is 1. The third-order valence-corrected chi connectivity index (χ3v) is 8.54. The maximum atomic E-state index is 14.0. The molecule has 2 saturated carbocycles. The molecule has 2 aliphatic carbocycles. The van der Waals surface area contributed by atoms with E-state index in [1.54, 1.807) is 4.90 Å². The first-order valence-corrected chi connectivity index (χ1v) is 14.5. The van der Waals surface area contributed by atoms with Crippen LogP contribution in [-0.2, 0) is 0 Å². The van der Waals surface area contributed by atoms with Crippen LogP contribution in [-0.4, -0.2) is 61.7 Å². The van der Waals surface area contributed by atoms with E-state index < -0.39 is 17.7 Å². The molecule has 2 aromatic heterocycles. The second-order valence-corrected chi connectivity index (χ2v) is 11.4. The third kappa shape index (κ3) is 5.81. The molecule has 3 aromatic rings. The van der Waals surface area contributed by atoms with Gasteiger partial charge in [0.1, 0.15) is 11.6 Å². The topological polar surface area (TPSA) is 126 Å². The van der Waals surface area contributed by atoms with Crippen molar-refractivity contribution in [3.8, 4) is 0 Å². The summed E-state index contributed by atoms with van der Waals surface area (Å²) >= 11 is 0. The van der Waals surface area contributed by atoms with Crippen molar-refractivity contribution in [1.82, 2.24) is 24.4 Å². The molecule has 1 aromatic carbocycles. The largest absolute Gasteiger partial charge is 0.365 e. The van der Waals surface area contributed by atoms with E-state index in [4.69, 9.17) is 20.7 Å². The van der Waals surface area contributed by atoms with Crippen LogP contribution >= 0.6 is 0 Å². The summed E-state index contributed by atoms with van der Waals surface area (Å²) in [5, 5.41) is 9.70. The number of rotatable bonds is 6. The van der Waals surface area contributed by atoms with Crippen molar-refractivity contribution < 1.29 is 13.6 Å². The second kappa shape index (κ2) is 11.5. The average Bonchev–Trinajstić information content (AvgIpc) is 3.62. The van der Waals surface area contributed by atoms with Gasteiger partial charge in [-0.3, -0.25) is 0 Å². The molecule has 3 heterocycles. The van der Waals surface area contributed by atoms with Gasteiger partial charge in [0.05, 0.1) is 12.0 Å². The number of imidazole rings is 1. The standard InChI is InChI=1S/C28H37F2N9O/c29-17-5-10-23(22(30)15-17)35-28(40)38-13-11-20(12-14-38)33-25-24-26(39(16-32-24)21-3-1-2-4-21)37-27(36-25)34-19-8-6-18(31)7-9-19/h5,10,15-16,18-21H,1-4,6-9,11-14,31H2,(H,35,40)(H2,33,34,36,37). The van der Waals surface area contributed by atoms with Crippen LogP contribution in [0.15, 0.2) is 24.5 Å². The summed E-state index contributed by atoms with van der Waals surface area (Å²) in [5.41, 5.74) is 7.68. The summed E-state index contributed by atoms with van der Waals surface area (Å²) in [5.74, 6) is -0.174. The summed E-state index contributed by atoms with van der Waals surface area (Å²) in [7, 11) is 0. The van der Waals surface area contributed by atoms with Crippen LogP contribution in [0.25, 0.3) is 11.2 Å². The molecule has 0 radical (unpaired) electrons. The van der Waals surface area contributed by atoms with E-state index in [0.717, 1.165) is 61.8 Å². The first-order chi connectivity index (χ1) is 19.4. The lowest BCUT2D eigenvalue weighted by Crippen LogP contribution is -2.44. The molecular formula is C28H37F2N9O. The van der Waals surface area contributed by atoms with Crippen molar-refractivity contribution in [3.05, 3.63) is 36.2 Å². The van der Waals surface area contributed by atoms with Gasteiger partial charge in [0.15, 0.2) is 17.0 Å². The third-order valence-electron chi connectivity index (χ3n) is 8.54. The van der Waals surface area contributed by atoms with Crippen LogP contribution in [0.1, 0.15) is 70.3 Å². The van der Waals surface area contributed by atoms with E-state index >= 15 is 0 Å². The second-order valence-electron chi connectivity index (χ2n) is 11.4. The van der Waals surface area contributed by atoms with Crippen LogP contribution in [0, 0.1) is 11.6 Å². The lowest BCUT2D eigenvalue weighted by atomic mass is 9.92. The minimum atomic E-state index is -0.796. The molecule has 2 amide bonds. The van der Waals surface area contributed by atoms with E-state index in [9.17, 15) is 13.6 Å². The number of piperidine rings is 1. The number of anilines is 3.